The SMILES string of the molecule is COC(=S)N1CCSCC1. The maximum absolute atomic E-state index is 4.97. The molecule has 0 unspecified atom stereocenters. The van der Waals surface area contributed by atoms with Crippen molar-refractivity contribution in [3.8, 4) is 0 Å². The molecule has 0 aromatic carbocycles. The molecule has 0 saturated carbocycles. The minimum absolute atomic E-state index is 0.639. The van der Waals surface area contributed by atoms with Crippen molar-refractivity contribution >= 4 is 29.2 Å². The smallest absolute Gasteiger partial charge is 0.259 e. The third kappa shape index (κ3) is 2.02. The molecule has 0 aromatic heterocycles. The summed E-state index contributed by atoms with van der Waals surface area (Å²) in [6.45, 7) is 2.08. The van der Waals surface area contributed by atoms with Crippen LogP contribution in [0.25, 0.3) is 0 Å². The normalized spacial score (nSPS) is 18.7. The molecule has 4 heteroatoms. The van der Waals surface area contributed by atoms with Gasteiger partial charge in [-0.2, -0.15) is 11.8 Å². The van der Waals surface area contributed by atoms with Gasteiger partial charge in [-0.15, -0.1) is 0 Å². The quantitative estimate of drug-likeness (QED) is 0.511. The number of ether oxygens (including phenoxy) is 1. The third-order valence-corrected chi connectivity index (χ3v) is 2.81. The lowest BCUT2D eigenvalue weighted by atomic mass is 10.5. The summed E-state index contributed by atoms with van der Waals surface area (Å²) >= 11 is 6.94. The minimum atomic E-state index is 0.639. The lowest BCUT2D eigenvalue weighted by molar-refractivity contribution is 0.309. The van der Waals surface area contributed by atoms with Crippen LogP contribution < -0.4 is 0 Å². The highest BCUT2D eigenvalue weighted by Gasteiger charge is 2.12. The zero-order chi connectivity index (χ0) is 7.40. The van der Waals surface area contributed by atoms with Gasteiger partial charge in [0.05, 0.1) is 7.11 Å². The highest BCUT2D eigenvalue weighted by Crippen LogP contribution is 2.09. The van der Waals surface area contributed by atoms with Crippen molar-refractivity contribution in [3.63, 3.8) is 0 Å². The largest absolute Gasteiger partial charge is 0.474 e. The Morgan fingerprint density at radius 1 is 1.50 bits per heavy atom. The first-order valence-electron chi connectivity index (χ1n) is 3.25. The Morgan fingerprint density at radius 2 is 2.10 bits per heavy atom. The van der Waals surface area contributed by atoms with E-state index in [0.29, 0.717) is 5.17 Å². The summed E-state index contributed by atoms with van der Waals surface area (Å²) in [4.78, 5) is 2.10. The summed E-state index contributed by atoms with van der Waals surface area (Å²) < 4.78 is 4.94. The molecule has 0 amide bonds. The van der Waals surface area contributed by atoms with Gasteiger partial charge in [-0.1, -0.05) is 0 Å². The van der Waals surface area contributed by atoms with Crippen LogP contribution in [-0.4, -0.2) is 41.8 Å². The predicted molar refractivity (Wildman–Crippen MR) is 48.5 cm³/mol. The molecule has 1 heterocycles. The average molecular weight is 177 g/mol. The van der Waals surface area contributed by atoms with Crippen LogP contribution >= 0.6 is 24.0 Å². The van der Waals surface area contributed by atoms with E-state index in [-0.39, 0.29) is 0 Å². The molecule has 0 bridgehead atoms. The van der Waals surface area contributed by atoms with Crippen LogP contribution in [0.1, 0.15) is 0 Å². The Balaban J connectivity index is 2.31. The zero-order valence-corrected chi connectivity index (χ0v) is 7.63. The van der Waals surface area contributed by atoms with E-state index in [1.165, 1.54) is 11.5 Å². The van der Waals surface area contributed by atoms with E-state index >= 15 is 0 Å². The van der Waals surface area contributed by atoms with Crippen molar-refractivity contribution in [2.45, 2.75) is 0 Å². The summed E-state index contributed by atoms with van der Waals surface area (Å²) in [5.74, 6) is 2.34. The van der Waals surface area contributed by atoms with Crippen LogP contribution in [0, 0.1) is 0 Å². The first-order chi connectivity index (χ1) is 4.84. The second kappa shape index (κ2) is 4.03. The van der Waals surface area contributed by atoms with E-state index in [1.807, 2.05) is 11.8 Å². The maximum atomic E-state index is 4.97. The predicted octanol–water partition coefficient (Wildman–Crippen LogP) is 0.966. The summed E-state index contributed by atoms with van der Waals surface area (Å²) in [6.07, 6.45) is 0. The van der Waals surface area contributed by atoms with Gasteiger partial charge in [-0.05, 0) is 12.2 Å². The van der Waals surface area contributed by atoms with E-state index in [1.54, 1.807) is 7.11 Å². The van der Waals surface area contributed by atoms with Gasteiger partial charge in [0, 0.05) is 24.6 Å². The van der Waals surface area contributed by atoms with Crippen LogP contribution in [0.2, 0.25) is 0 Å². The fourth-order valence-corrected chi connectivity index (χ4v) is 1.96. The molecule has 0 aliphatic carbocycles. The Morgan fingerprint density at radius 3 is 2.60 bits per heavy atom. The number of nitrogens with zero attached hydrogens (tertiary/aromatic N) is 1. The maximum Gasteiger partial charge on any atom is 0.259 e. The highest BCUT2D eigenvalue weighted by molar-refractivity contribution is 7.99. The molecule has 0 radical (unpaired) electrons. The molecule has 0 atom stereocenters. The van der Waals surface area contributed by atoms with E-state index in [0.717, 1.165) is 13.1 Å². The van der Waals surface area contributed by atoms with Gasteiger partial charge < -0.3 is 9.64 Å². The number of hydrogen-bond donors (Lipinski definition) is 0. The van der Waals surface area contributed by atoms with Crippen molar-refractivity contribution in [1.29, 1.82) is 0 Å². The number of hydrogen-bond acceptors (Lipinski definition) is 3. The van der Waals surface area contributed by atoms with Crippen LogP contribution in [0.3, 0.4) is 0 Å². The standard InChI is InChI=1S/C6H11NOS2/c1-8-6(9)7-2-4-10-5-3-7/h2-5H2,1H3. The molecule has 0 aromatic rings. The van der Waals surface area contributed by atoms with Crippen LogP contribution in [0.15, 0.2) is 0 Å². The van der Waals surface area contributed by atoms with E-state index in [2.05, 4.69) is 4.90 Å². The van der Waals surface area contributed by atoms with E-state index in [4.69, 9.17) is 17.0 Å². The summed E-state index contributed by atoms with van der Waals surface area (Å²) in [5, 5.41) is 0.639. The Bertz CT molecular complexity index is 123. The number of rotatable bonds is 0. The van der Waals surface area contributed by atoms with E-state index in [9.17, 15) is 0 Å². The molecule has 58 valence electrons. The molecule has 2 nitrogen and oxygen atoms in total. The molecule has 1 aliphatic heterocycles. The fourth-order valence-electron chi connectivity index (χ4n) is 0.875. The monoisotopic (exact) mass is 177 g/mol. The molecular weight excluding hydrogens is 166 g/mol. The highest BCUT2D eigenvalue weighted by atomic mass is 32.2. The van der Waals surface area contributed by atoms with Gasteiger partial charge in [0.2, 0.25) is 0 Å². The molecule has 0 spiro atoms. The minimum Gasteiger partial charge on any atom is -0.474 e. The average Bonchev–Trinajstić information content (AvgIpc) is 2.05. The lowest BCUT2D eigenvalue weighted by Crippen LogP contribution is -2.37. The molecule has 1 fully saturated rings. The zero-order valence-electron chi connectivity index (χ0n) is 6.00. The molecule has 1 aliphatic rings. The van der Waals surface area contributed by atoms with Crippen molar-refractivity contribution in [1.82, 2.24) is 4.90 Å². The third-order valence-electron chi connectivity index (χ3n) is 1.44. The first-order valence-corrected chi connectivity index (χ1v) is 4.81. The van der Waals surface area contributed by atoms with Crippen molar-refractivity contribution in [3.05, 3.63) is 0 Å². The van der Waals surface area contributed by atoms with Gasteiger partial charge in [-0.25, -0.2) is 0 Å². The van der Waals surface area contributed by atoms with Gasteiger partial charge in [0.25, 0.3) is 5.17 Å². The first kappa shape index (κ1) is 8.14. The van der Waals surface area contributed by atoms with Gasteiger partial charge >= 0.3 is 0 Å². The lowest BCUT2D eigenvalue weighted by Gasteiger charge is -2.26. The molecular formula is C6H11NOS2. The summed E-state index contributed by atoms with van der Waals surface area (Å²) in [6, 6.07) is 0. The van der Waals surface area contributed by atoms with Crippen molar-refractivity contribution < 1.29 is 4.74 Å². The Kier molecular flexibility index (Phi) is 3.28. The van der Waals surface area contributed by atoms with Crippen molar-refractivity contribution in [2.24, 2.45) is 0 Å². The summed E-state index contributed by atoms with van der Waals surface area (Å²) in [5.41, 5.74) is 0. The van der Waals surface area contributed by atoms with E-state index < -0.39 is 0 Å². The summed E-state index contributed by atoms with van der Waals surface area (Å²) in [7, 11) is 1.63. The molecule has 1 saturated heterocycles. The fraction of sp³-hybridized carbons (Fsp3) is 0.833. The second-order valence-electron chi connectivity index (χ2n) is 2.07. The Labute approximate surface area is 70.9 Å². The van der Waals surface area contributed by atoms with Gasteiger partial charge in [0.1, 0.15) is 0 Å². The molecule has 10 heavy (non-hydrogen) atoms. The van der Waals surface area contributed by atoms with Crippen LogP contribution in [0.5, 0.6) is 0 Å². The van der Waals surface area contributed by atoms with Gasteiger partial charge in [0.15, 0.2) is 0 Å². The second-order valence-corrected chi connectivity index (χ2v) is 3.64. The van der Waals surface area contributed by atoms with Crippen LogP contribution in [-0.2, 0) is 4.74 Å². The number of thioether (sulfide) groups is 1. The van der Waals surface area contributed by atoms with Crippen molar-refractivity contribution in [2.75, 3.05) is 31.7 Å². The topological polar surface area (TPSA) is 12.5 Å². The number of methoxy groups -OCH3 is 1. The van der Waals surface area contributed by atoms with Crippen LogP contribution in [0.4, 0.5) is 0 Å². The van der Waals surface area contributed by atoms with Gasteiger partial charge in [-0.3, -0.25) is 0 Å². The molecule has 0 N–H and O–H groups in total. The molecule has 1 rings (SSSR count). The number of thiocarbonyl (C=S) groups is 1. The Hall–Kier alpha value is 0.0400.